The third kappa shape index (κ3) is 9.44. The molecule has 2 aromatic heterocycles. The fourth-order valence-corrected chi connectivity index (χ4v) is 9.62. The van der Waals surface area contributed by atoms with Crippen LogP contribution in [-0.2, 0) is 22.6 Å². The van der Waals surface area contributed by atoms with E-state index in [4.69, 9.17) is 10.1 Å². The number of nitrogens with one attached hydrogen (secondary N) is 1. The molecule has 64 heavy (non-hydrogen) atoms. The SMILES string of the molecule is Cc1nn2c(N3CCN(CCO)CC3)cc(-c3cccc(CCN4CCN(CCCCC#Cc5cc(F)cc6c5CN(C5CCC(=O)NC5=O)C6=O)CC4)c3)nc2c1-c1ccccc1. The number of imide groups is 1. The van der Waals surface area contributed by atoms with Gasteiger partial charge in [0.25, 0.3) is 5.91 Å². The Morgan fingerprint density at radius 3 is 2.33 bits per heavy atom. The highest BCUT2D eigenvalue weighted by Crippen LogP contribution is 2.34. The topological polar surface area (TPSA) is 130 Å². The van der Waals surface area contributed by atoms with E-state index in [-0.39, 0.29) is 37.5 Å². The van der Waals surface area contributed by atoms with Gasteiger partial charge in [-0.1, -0.05) is 60.4 Å². The van der Waals surface area contributed by atoms with Crippen LogP contribution in [0, 0.1) is 24.6 Å². The van der Waals surface area contributed by atoms with Crippen molar-refractivity contribution >= 4 is 29.2 Å². The van der Waals surface area contributed by atoms with E-state index in [1.54, 1.807) is 0 Å². The van der Waals surface area contributed by atoms with Crippen molar-refractivity contribution < 1.29 is 23.9 Å². The second-order valence-corrected chi connectivity index (χ2v) is 17.4. The first-order valence-corrected chi connectivity index (χ1v) is 22.8. The number of piperazine rings is 2. The number of carbonyl (C=O) groups is 3. The van der Waals surface area contributed by atoms with E-state index < -0.39 is 23.7 Å². The van der Waals surface area contributed by atoms with Gasteiger partial charge in [0.1, 0.15) is 17.7 Å². The van der Waals surface area contributed by atoms with Gasteiger partial charge in [0.2, 0.25) is 11.8 Å². The number of halogens is 1. The van der Waals surface area contributed by atoms with Gasteiger partial charge in [0, 0.05) is 119 Å². The van der Waals surface area contributed by atoms with Gasteiger partial charge >= 0.3 is 0 Å². The fourth-order valence-electron chi connectivity index (χ4n) is 9.62. The number of fused-ring (bicyclic) bond motifs is 2. The summed E-state index contributed by atoms with van der Waals surface area (Å²) < 4.78 is 16.6. The zero-order chi connectivity index (χ0) is 44.2. The monoisotopic (exact) mass is 865 g/mol. The van der Waals surface area contributed by atoms with Gasteiger partial charge in [-0.15, -0.1) is 0 Å². The van der Waals surface area contributed by atoms with Crippen LogP contribution in [0.3, 0.4) is 0 Å². The Bertz CT molecular complexity index is 2590. The number of aliphatic hydroxyl groups is 1. The summed E-state index contributed by atoms with van der Waals surface area (Å²) in [6.07, 6.45) is 3.97. The number of nitrogens with zero attached hydrogens (tertiary/aromatic N) is 8. The number of amides is 3. The summed E-state index contributed by atoms with van der Waals surface area (Å²) in [5.74, 6) is 5.58. The molecule has 0 radical (unpaired) electrons. The van der Waals surface area contributed by atoms with Crippen LogP contribution in [-0.4, -0.2) is 142 Å². The first kappa shape index (κ1) is 43.3. The lowest BCUT2D eigenvalue weighted by atomic mass is 10.0. The maximum absolute atomic E-state index is 14.6. The molecule has 3 aromatic carbocycles. The largest absolute Gasteiger partial charge is 0.395 e. The molecule has 1 atom stereocenters. The molecule has 0 saturated carbocycles. The molecule has 0 bridgehead atoms. The normalized spacial score (nSPS) is 18.7. The third-order valence-corrected chi connectivity index (χ3v) is 13.2. The quantitative estimate of drug-likeness (QED) is 0.0971. The molecule has 3 fully saturated rings. The zero-order valence-electron chi connectivity index (χ0n) is 36.6. The van der Waals surface area contributed by atoms with Gasteiger partial charge in [0.05, 0.1) is 18.0 Å². The lowest BCUT2D eigenvalue weighted by molar-refractivity contribution is -0.136. The molecular formula is C50H56FN9O4. The number of unbranched alkanes of at least 4 members (excludes halogenated alkanes) is 2. The first-order valence-electron chi connectivity index (χ1n) is 22.8. The summed E-state index contributed by atoms with van der Waals surface area (Å²) in [6, 6.07) is 23.3. The van der Waals surface area contributed by atoms with E-state index in [0.717, 1.165) is 124 Å². The Hall–Kier alpha value is -5.98. The highest BCUT2D eigenvalue weighted by molar-refractivity contribution is 6.05. The second-order valence-electron chi connectivity index (χ2n) is 17.4. The molecular weight excluding hydrogens is 810 g/mol. The second kappa shape index (κ2) is 19.4. The standard InChI is InChI=1S/C50H56FN9O4/c1-35-47(37-11-6-4-7-12-37)48-52-43(33-46(60(48)54-35)58-26-24-57(25-27-58)28-29-61)39-14-9-10-36(30-39)17-19-56-22-20-55(21-23-56)18-8-3-2-5-13-38-31-40(51)32-41-42(38)34-59(50(41)64)44-15-16-45(62)53-49(44)63/h4,6-7,9-12,14,30-33,44,61H,2-3,8,15-29,34H2,1H3,(H,53,62,63). The van der Waals surface area contributed by atoms with Gasteiger partial charge in [0.15, 0.2) is 5.65 Å². The van der Waals surface area contributed by atoms with Crippen molar-refractivity contribution in [2.45, 2.75) is 58.0 Å². The summed E-state index contributed by atoms with van der Waals surface area (Å²) in [5, 5.41) is 16.9. The average molecular weight is 866 g/mol. The first-order chi connectivity index (χ1) is 31.2. The van der Waals surface area contributed by atoms with Crippen LogP contribution in [0.5, 0.6) is 0 Å². The maximum Gasteiger partial charge on any atom is 0.255 e. The number of aryl methyl sites for hydroxylation is 1. The number of rotatable bonds is 13. The lowest BCUT2D eigenvalue weighted by Gasteiger charge is -2.35. The maximum atomic E-state index is 14.6. The average Bonchev–Trinajstić information content (AvgIpc) is 3.82. The molecule has 0 spiro atoms. The van der Waals surface area contributed by atoms with Gasteiger partial charge in [-0.2, -0.15) is 9.61 Å². The van der Waals surface area contributed by atoms with Crippen molar-refractivity contribution in [1.29, 1.82) is 0 Å². The number of aromatic nitrogens is 3. The number of carbonyl (C=O) groups excluding carboxylic acids is 3. The molecule has 332 valence electrons. The van der Waals surface area contributed by atoms with Crippen molar-refractivity contribution in [2.75, 3.05) is 83.5 Å². The Kier molecular flexibility index (Phi) is 13.1. The van der Waals surface area contributed by atoms with Crippen LogP contribution in [0.2, 0.25) is 0 Å². The van der Waals surface area contributed by atoms with Gasteiger partial charge < -0.3 is 24.7 Å². The predicted octanol–water partition coefficient (Wildman–Crippen LogP) is 4.77. The predicted molar refractivity (Wildman–Crippen MR) is 244 cm³/mol. The van der Waals surface area contributed by atoms with Gasteiger partial charge in [-0.05, 0) is 68.5 Å². The smallest absolute Gasteiger partial charge is 0.255 e. The Morgan fingerprint density at radius 2 is 1.56 bits per heavy atom. The number of aliphatic hydroxyl groups excluding tert-OH is 1. The van der Waals surface area contributed by atoms with Crippen LogP contribution in [0.4, 0.5) is 10.2 Å². The molecule has 6 heterocycles. The number of anilines is 1. The van der Waals surface area contributed by atoms with Crippen LogP contribution in [0.15, 0.2) is 72.8 Å². The number of hydrogen-bond acceptors (Lipinski definition) is 10. The van der Waals surface area contributed by atoms with Crippen LogP contribution in [0.1, 0.15) is 64.8 Å². The molecule has 3 amide bonds. The molecule has 3 saturated heterocycles. The van der Waals surface area contributed by atoms with E-state index in [1.807, 2.05) is 10.6 Å². The summed E-state index contributed by atoms with van der Waals surface area (Å²) in [6.45, 7) is 12.6. The summed E-state index contributed by atoms with van der Waals surface area (Å²) in [7, 11) is 0. The molecule has 9 rings (SSSR count). The Balaban J connectivity index is 0.777. The Labute approximate surface area is 373 Å². The Morgan fingerprint density at radius 1 is 0.828 bits per heavy atom. The van der Waals surface area contributed by atoms with E-state index in [0.29, 0.717) is 24.1 Å². The van der Waals surface area contributed by atoms with Gasteiger partial charge in [-0.25, -0.2) is 9.37 Å². The highest BCUT2D eigenvalue weighted by Gasteiger charge is 2.40. The summed E-state index contributed by atoms with van der Waals surface area (Å²) in [5.41, 5.74) is 8.65. The summed E-state index contributed by atoms with van der Waals surface area (Å²) >= 11 is 0. The van der Waals surface area contributed by atoms with E-state index in [9.17, 15) is 23.9 Å². The minimum atomic E-state index is -0.751. The molecule has 4 aliphatic rings. The van der Waals surface area contributed by atoms with Crippen molar-refractivity contribution in [3.8, 4) is 34.2 Å². The third-order valence-electron chi connectivity index (χ3n) is 13.2. The minimum absolute atomic E-state index is 0.166. The molecule has 2 N–H and O–H groups in total. The van der Waals surface area contributed by atoms with Crippen LogP contribution in [0.25, 0.3) is 28.0 Å². The lowest BCUT2D eigenvalue weighted by Crippen LogP contribution is -2.52. The molecule has 14 heteroatoms. The van der Waals surface area contributed by atoms with Crippen LogP contribution < -0.4 is 10.2 Å². The number of hydrogen-bond donors (Lipinski definition) is 2. The molecule has 0 aliphatic carbocycles. The van der Waals surface area contributed by atoms with Crippen molar-refractivity contribution in [3.05, 3.63) is 107 Å². The van der Waals surface area contributed by atoms with E-state index in [1.165, 1.54) is 22.6 Å². The molecule has 13 nitrogen and oxygen atoms in total. The number of benzene rings is 3. The van der Waals surface area contributed by atoms with Crippen molar-refractivity contribution in [1.82, 2.24) is 39.5 Å². The van der Waals surface area contributed by atoms with Crippen molar-refractivity contribution in [2.24, 2.45) is 0 Å². The zero-order valence-corrected chi connectivity index (χ0v) is 36.6. The summed E-state index contributed by atoms with van der Waals surface area (Å²) in [4.78, 5) is 53.8. The van der Waals surface area contributed by atoms with E-state index >= 15 is 0 Å². The minimum Gasteiger partial charge on any atom is -0.395 e. The van der Waals surface area contributed by atoms with Gasteiger partial charge in [-0.3, -0.25) is 24.6 Å². The molecule has 1 unspecified atom stereocenters. The molecule has 5 aromatic rings. The van der Waals surface area contributed by atoms with E-state index in [2.05, 4.69) is 98.3 Å². The number of β-amino-alcohol motifs (C(OH)–C–C–N with tert-alkyl or cyclic N) is 1. The number of piperidine rings is 1. The van der Waals surface area contributed by atoms with Crippen molar-refractivity contribution in [3.63, 3.8) is 0 Å². The highest BCUT2D eigenvalue weighted by atomic mass is 19.1. The van der Waals surface area contributed by atoms with Crippen LogP contribution >= 0.6 is 0 Å². The fraction of sp³-hybridized carbons (Fsp3) is 0.420. The molecule has 4 aliphatic heterocycles.